The van der Waals surface area contributed by atoms with Crippen LogP contribution >= 0.6 is 11.6 Å². The van der Waals surface area contributed by atoms with Crippen LogP contribution in [0.3, 0.4) is 0 Å². The molecular weight excluding hydrogens is 260 g/mol. The van der Waals surface area contributed by atoms with Crippen LogP contribution in [0.15, 0.2) is 18.2 Å². The van der Waals surface area contributed by atoms with Gasteiger partial charge in [0.15, 0.2) is 0 Å². The Morgan fingerprint density at radius 1 is 1.37 bits per heavy atom. The van der Waals surface area contributed by atoms with Gasteiger partial charge in [-0.3, -0.25) is 0 Å². The van der Waals surface area contributed by atoms with Crippen LogP contribution in [-0.2, 0) is 6.54 Å². The Bertz CT molecular complexity index is 403. The van der Waals surface area contributed by atoms with Gasteiger partial charge < -0.3 is 15.3 Å². The number of nitrogens with zero attached hydrogens (tertiary/aromatic N) is 1. The van der Waals surface area contributed by atoms with E-state index in [1.165, 1.54) is 25.9 Å². The van der Waals surface area contributed by atoms with Crippen molar-refractivity contribution in [2.75, 3.05) is 26.2 Å². The molecule has 0 aromatic heterocycles. The molecule has 0 atom stereocenters. The lowest BCUT2D eigenvalue weighted by molar-refractivity contribution is 0.190. The molecule has 1 aromatic carbocycles. The third-order valence-corrected chi connectivity index (χ3v) is 4.28. The van der Waals surface area contributed by atoms with E-state index in [1.807, 2.05) is 12.1 Å². The smallest absolute Gasteiger partial charge is 0.138 e. The fourth-order valence-corrected chi connectivity index (χ4v) is 2.81. The molecular formula is C15H23ClN2O. The molecule has 0 radical (unpaired) electrons. The van der Waals surface area contributed by atoms with Crippen LogP contribution < -0.4 is 5.32 Å². The summed E-state index contributed by atoms with van der Waals surface area (Å²) in [5, 5.41) is 13.7. The summed E-state index contributed by atoms with van der Waals surface area (Å²) in [6, 6.07) is 5.49. The molecule has 106 valence electrons. The minimum absolute atomic E-state index is 0.206. The molecule has 0 amide bonds. The van der Waals surface area contributed by atoms with Gasteiger partial charge in [-0.1, -0.05) is 30.7 Å². The van der Waals surface area contributed by atoms with Gasteiger partial charge >= 0.3 is 0 Å². The third kappa shape index (κ3) is 4.10. The minimum atomic E-state index is 0.206. The number of hydrogen-bond acceptors (Lipinski definition) is 3. The largest absolute Gasteiger partial charge is 0.506 e. The van der Waals surface area contributed by atoms with E-state index >= 15 is 0 Å². The van der Waals surface area contributed by atoms with Crippen molar-refractivity contribution in [3.63, 3.8) is 0 Å². The fraction of sp³-hybridized carbons (Fsp3) is 0.600. The van der Waals surface area contributed by atoms with E-state index in [9.17, 15) is 5.11 Å². The number of piperidine rings is 1. The average Bonchev–Trinajstić information content (AvgIpc) is 2.44. The van der Waals surface area contributed by atoms with Crippen molar-refractivity contribution in [3.05, 3.63) is 28.8 Å². The summed E-state index contributed by atoms with van der Waals surface area (Å²) in [5.41, 5.74) is 0.874. The number of para-hydroxylation sites is 1. The van der Waals surface area contributed by atoms with Crippen molar-refractivity contribution in [1.82, 2.24) is 10.2 Å². The second kappa shape index (κ2) is 7.13. The summed E-state index contributed by atoms with van der Waals surface area (Å²) < 4.78 is 0. The first kappa shape index (κ1) is 14.6. The molecule has 2 rings (SSSR count). The van der Waals surface area contributed by atoms with E-state index in [-0.39, 0.29) is 5.75 Å². The monoisotopic (exact) mass is 282 g/mol. The summed E-state index contributed by atoms with van der Waals surface area (Å²) in [5.74, 6) is 0.960. The molecule has 0 bridgehead atoms. The van der Waals surface area contributed by atoms with Gasteiger partial charge in [0.05, 0.1) is 5.02 Å². The predicted molar refractivity (Wildman–Crippen MR) is 79.7 cm³/mol. The highest BCUT2D eigenvalue weighted by atomic mass is 35.5. The van der Waals surface area contributed by atoms with Gasteiger partial charge in [-0.2, -0.15) is 0 Å². The number of phenols is 1. The SMILES string of the molecule is CCN1CCC(CNCc2cccc(Cl)c2O)CC1. The Morgan fingerprint density at radius 3 is 2.79 bits per heavy atom. The van der Waals surface area contributed by atoms with Gasteiger partial charge in [0.25, 0.3) is 0 Å². The molecule has 3 nitrogen and oxygen atoms in total. The molecule has 1 aromatic rings. The van der Waals surface area contributed by atoms with Gasteiger partial charge in [-0.05, 0) is 51.0 Å². The van der Waals surface area contributed by atoms with Gasteiger partial charge in [0, 0.05) is 12.1 Å². The molecule has 4 heteroatoms. The standard InChI is InChI=1S/C15H23ClN2O/c1-2-18-8-6-12(7-9-18)10-17-11-13-4-3-5-14(16)15(13)19/h3-5,12,17,19H,2,6-11H2,1H3. The van der Waals surface area contributed by atoms with E-state index in [0.29, 0.717) is 11.6 Å². The minimum Gasteiger partial charge on any atom is -0.506 e. The second-order valence-corrected chi connectivity index (χ2v) is 5.66. The van der Waals surface area contributed by atoms with Crippen LogP contribution in [0.25, 0.3) is 0 Å². The second-order valence-electron chi connectivity index (χ2n) is 5.26. The van der Waals surface area contributed by atoms with E-state index < -0.39 is 0 Å². The molecule has 2 N–H and O–H groups in total. The maximum Gasteiger partial charge on any atom is 0.138 e. The zero-order valence-corrected chi connectivity index (χ0v) is 12.3. The van der Waals surface area contributed by atoms with Gasteiger partial charge in [-0.25, -0.2) is 0 Å². The first-order valence-corrected chi connectivity index (χ1v) is 7.48. The van der Waals surface area contributed by atoms with Crippen molar-refractivity contribution < 1.29 is 5.11 Å². The molecule has 1 saturated heterocycles. The Balaban J connectivity index is 1.74. The van der Waals surface area contributed by atoms with E-state index in [2.05, 4.69) is 17.1 Å². The van der Waals surface area contributed by atoms with E-state index in [4.69, 9.17) is 11.6 Å². The molecule has 1 heterocycles. The highest BCUT2D eigenvalue weighted by molar-refractivity contribution is 6.32. The highest BCUT2D eigenvalue weighted by Crippen LogP contribution is 2.26. The predicted octanol–water partition coefficient (Wildman–Crippen LogP) is 2.87. The highest BCUT2D eigenvalue weighted by Gasteiger charge is 2.17. The summed E-state index contributed by atoms with van der Waals surface area (Å²) in [6.45, 7) is 7.51. The number of rotatable bonds is 5. The Kier molecular flexibility index (Phi) is 5.49. The van der Waals surface area contributed by atoms with Crippen molar-refractivity contribution in [2.24, 2.45) is 5.92 Å². The lowest BCUT2D eigenvalue weighted by Crippen LogP contribution is -2.36. The number of benzene rings is 1. The van der Waals surface area contributed by atoms with Crippen LogP contribution in [0.1, 0.15) is 25.3 Å². The number of nitrogens with one attached hydrogen (secondary N) is 1. The van der Waals surface area contributed by atoms with Crippen LogP contribution in [-0.4, -0.2) is 36.2 Å². The van der Waals surface area contributed by atoms with Crippen molar-refractivity contribution >= 4 is 11.6 Å². The molecule has 0 unspecified atom stereocenters. The zero-order valence-electron chi connectivity index (χ0n) is 11.5. The normalized spacial score (nSPS) is 17.8. The summed E-state index contributed by atoms with van der Waals surface area (Å²) in [7, 11) is 0. The number of halogens is 1. The number of likely N-dealkylation sites (tertiary alicyclic amines) is 1. The van der Waals surface area contributed by atoms with Gasteiger partial charge in [-0.15, -0.1) is 0 Å². The lowest BCUT2D eigenvalue weighted by atomic mass is 9.97. The summed E-state index contributed by atoms with van der Waals surface area (Å²) >= 11 is 5.89. The van der Waals surface area contributed by atoms with Crippen LogP contribution in [0.4, 0.5) is 0 Å². The van der Waals surface area contributed by atoms with Crippen molar-refractivity contribution in [3.8, 4) is 5.75 Å². The van der Waals surface area contributed by atoms with Crippen LogP contribution in [0.5, 0.6) is 5.75 Å². The first-order chi connectivity index (χ1) is 9.20. The van der Waals surface area contributed by atoms with Crippen molar-refractivity contribution in [1.29, 1.82) is 0 Å². The topological polar surface area (TPSA) is 35.5 Å². The number of phenolic OH excluding ortho intramolecular Hbond substituents is 1. The van der Waals surface area contributed by atoms with Gasteiger partial charge in [0.2, 0.25) is 0 Å². The van der Waals surface area contributed by atoms with E-state index in [0.717, 1.165) is 24.6 Å². The average molecular weight is 283 g/mol. The lowest BCUT2D eigenvalue weighted by Gasteiger charge is -2.31. The maximum absolute atomic E-state index is 9.82. The third-order valence-electron chi connectivity index (χ3n) is 3.97. The van der Waals surface area contributed by atoms with Gasteiger partial charge in [0.1, 0.15) is 5.75 Å². The first-order valence-electron chi connectivity index (χ1n) is 7.10. The summed E-state index contributed by atoms with van der Waals surface area (Å²) in [6.07, 6.45) is 2.53. The maximum atomic E-state index is 9.82. The molecule has 1 aliphatic rings. The molecule has 0 aliphatic carbocycles. The Morgan fingerprint density at radius 2 is 2.11 bits per heavy atom. The Labute approximate surface area is 120 Å². The Hall–Kier alpha value is -0.770. The van der Waals surface area contributed by atoms with E-state index in [1.54, 1.807) is 6.07 Å². The number of aromatic hydroxyl groups is 1. The van der Waals surface area contributed by atoms with Crippen LogP contribution in [0, 0.1) is 5.92 Å². The van der Waals surface area contributed by atoms with Crippen molar-refractivity contribution in [2.45, 2.75) is 26.3 Å². The quantitative estimate of drug-likeness (QED) is 0.872. The molecule has 1 aliphatic heterocycles. The molecule has 0 spiro atoms. The molecule has 19 heavy (non-hydrogen) atoms. The zero-order chi connectivity index (χ0) is 13.7. The fourth-order valence-electron chi connectivity index (χ4n) is 2.62. The summed E-state index contributed by atoms with van der Waals surface area (Å²) in [4.78, 5) is 2.50. The number of hydrogen-bond donors (Lipinski definition) is 2. The van der Waals surface area contributed by atoms with Crippen LogP contribution in [0.2, 0.25) is 5.02 Å². The molecule has 1 fully saturated rings. The molecule has 0 saturated carbocycles.